The van der Waals surface area contributed by atoms with E-state index in [1.807, 2.05) is 19.4 Å². The van der Waals surface area contributed by atoms with Crippen LogP contribution in [0, 0.1) is 0 Å². The minimum Gasteiger partial charge on any atom is -0.357 e. The van der Waals surface area contributed by atoms with Crippen LogP contribution in [0.2, 0.25) is 0 Å². The third kappa shape index (κ3) is 4.63. The minimum atomic E-state index is 0.471. The molecule has 0 fully saturated rings. The lowest BCUT2D eigenvalue weighted by atomic mass is 10.1. The Morgan fingerprint density at radius 2 is 1.75 bits per heavy atom. The van der Waals surface area contributed by atoms with Gasteiger partial charge < -0.3 is 10.6 Å². The summed E-state index contributed by atoms with van der Waals surface area (Å²) in [5, 5.41) is 6.42. The van der Waals surface area contributed by atoms with Crippen LogP contribution in [0.3, 0.4) is 0 Å². The van der Waals surface area contributed by atoms with E-state index in [0.717, 1.165) is 24.9 Å². The van der Waals surface area contributed by atoms with Gasteiger partial charge in [-0.05, 0) is 25.3 Å². The molecule has 0 aliphatic heterocycles. The van der Waals surface area contributed by atoms with Gasteiger partial charge in [-0.2, -0.15) is 0 Å². The van der Waals surface area contributed by atoms with Gasteiger partial charge in [-0.25, -0.2) is 9.97 Å². The Morgan fingerprint density at radius 1 is 1.05 bits per heavy atom. The largest absolute Gasteiger partial charge is 0.357 e. The number of hydrogen-bond donors (Lipinski definition) is 2. The normalized spacial score (nSPS) is 12.1. The Kier molecular flexibility index (Phi) is 5.50. The zero-order valence-electron chi connectivity index (χ0n) is 12.1. The fourth-order valence-corrected chi connectivity index (χ4v) is 2.00. The van der Waals surface area contributed by atoms with Crippen molar-refractivity contribution < 1.29 is 0 Å². The van der Waals surface area contributed by atoms with Crippen LogP contribution in [0.1, 0.15) is 24.5 Å². The second kappa shape index (κ2) is 7.60. The number of nitrogens with zero attached hydrogens (tertiary/aromatic N) is 2. The molecule has 1 atom stereocenters. The van der Waals surface area contributed by atoms with Gasteiger partial charge in [0.05, 0.1) is 0 Å². The average Bonchev–Trinajstić information content (AvgIpc) is 2.52. The molecule has 2 rings (SSSR count). The first-order valence-electron chi connectivity index (χ1n) is 7.04. The molecule has 106 valence electrons. The second-order valence-corrected chi connectivity index (χ2v) is 4.97. The van der Waals surface area contributed by atoms with Crippen molar-refractivity contribution in [2.24, 2.45) is 0 Å². The molecule has 4 heteroatoms. The van der Waals surface area contributed by atoms with Crippen molar-refractivity contribution in [1.82, 2.24) is 15.3 Å². The lowest BCUT2D eigenvalue weighted by Gasteiger charge is -2.13. The molecule has 2 N–H and O–H groups in total. The van der Waals surface area contributed by atoms with Crippen molar-refractivity contribution in [1.29, 1.82) is 0 Å². The average molecular weight is 270 g/mol. The fraction of sp³-hybridized carbons (Fsp3) is 0.375. The SMILES string of the molecule is CNc1ncc(CNC(C)CCc2ccccc2)cn1. The molecule has 1 unspecified atom stereocenters. The van der Waals surface area contributed by atoms with Crippen molar-refractivity contribution in [3.05, 3.63) is 53.9 Å². The van der Waals surface area contributed by atoms with Crippen molar-refractivity contribution >= 4 is 5.95 Å². The van der Waals surface area contributed by atoms with Gasteiger partial charge in [0.25, 0.3) is 0 Å². The third-order valence-electron chi connectivity index (χ3n) is 3.29. The Hall–Kier alpha value is -1.94. The van der Waals surface area contributed by atoms with Gasteiger partial charge in [0.15, 0.2) is 0 Å². The zero-order valence-corrected chi connectivity index (χ0v) is 12.1. The molecular formula is C16H22N4. The monoisotopic (exact) mass is 270 g/mol. The van der Waals surface area contributed by atoms with Gasteiger partial charge in [-0.1, -0.05) is 30.3 Å². The lowest BCUT2D eigenvalue weighted by Crippen LogP contribution is -2.26. The first-order chi connectivity index (χ1) is 9.78. The molecule has 1 aromatic heterocycles. The third-order valence-corrected chi connectivity index (χ3v) is 3.29. The van der Waals surface area contributed by atoms with Crippen molar-refractivity contribution in [2.75, 3.05) is 12.4 Å². The van der Waals surface area contributed by atoms with Gasteiger partial charge in [-0.3, -0.25) is 0 Å². The summed E-state index contributed by atoms with van der Waals surface area (Å²) in [6.45, 7) is 3.02. The standard InChI is InChI=1S/C16H22N4/c1-13(8-9-14-6-4-3-5-7-14)18-10-15-11-19-16(17-2)20-12-15/h3-7,11-13,18H,8-10H2,1-2H3,(H,17,19,20). The number of anilines is 1. The summed E-state index contributed by atoms with van der Waals surface area (Å²) in [7, 11) is 1.82. The number of benzene rings is 1. The fourth-order valence-electron chi connectivity index (χ4n) is 2.00. The molecule has 0 saturated heterocycles. The second-order valence-electron chi connectivity index (χ2n) is 4.97. The Bertz CT molecular complexity index is 496. The summed E-state index contributed by atoms with van der Waals surface area (Å²) < 4.78 is 0. The molecule has 0 spiro atoms. The van der Waals surface area contributed by atoms with Gasteiger partial charge in [0.2, 0.25) is 5.95 Å². The van der Waals surface area contributed by atoms with Crippen LogP contribution in [0.5, 0.6) is 0 Å². The highest BCUT2D eigenvalue weighted by Gasteiger charge is 2.03. The van der Waals surface area contributed by atoms with Crippen LogP contribution in [-0.2, 0) is 13.0 Å². The number of nitrogens with one attached hydrogen (secondary N) is 2. The quantitative estimate of drug-likeness (QED) is 0.812. The highest BCUT2D eigenvalue weighted by atomic mass is 15.1. The van der Waals surface area contributed by atoms with Crippen LogP contribution >= 0.6 is 0 Å². The van der Waals surface area contributed by atoms with E-state index in [-0.39, 0.29) is 0 Å². The van der Waals surface area contributed by atoms with Crippen LogP contribution in [0.25, 0.3) is 0 Å². The Labute approximate surface area is 120 Å². The molecule has 1 heterocycles. The Balaban J connectivity index is 1.73. The van der Waals surface area contributed by atoms with Gasteiger partial charge in [0, 0.05) is 37.6 Å². The summed E-state index contributed by atoms with van der Waals surface area (Å²) >= 11 is 0. The van der Waals surface area contributed by atoms with E-state index < -0.39 is 0 Å². The zero-order chi connectivity index (χ0) is 14.2. The van der Waals surface area contributed by atoms with E-state index in [2.05, 4.69) is 57.9 Å². The van der Waals surface area contributed by atoms with Crippen LogP contribution in [-0.4, -0.2) is 23.1 Å². The molecule has 0 aliphatic carbocycles. The highest BCUT2D eigenvalue weighted by molar-refractivity contribution is 5.23. The maximum atomic E-state index is 4.21. The lowest BCUT2D eigenvalue weighted by molar-refractivity contribution is 0.513. The molecule has 0 aliphatic rings. The highest BCUT2D eigenvalue weighted by Crippen LogP contribution is 2.06. The molecule has 0 bridgehead atoms. The number of aryl methyl sites for hydroxylation is 1. The first-order valence-corrected chi connectivity index (χ1v) is 7.04. The van der Waals surface area contributed by atoms with Crippen LogP contribution < -0.4 is 10.6 Å². The minimum absolute atomic E-state index is 0.471. The number of hydrogen-bond acceptors (Lipinski definition) is 4. The van der Waals surface area contributed by atoms with E-state index >= 15 is 0 Å². The Morgan fingerprint density at radius 3 is 2.40 bits per heavy atom. The van der Waals surface area contributed by atoms with E-state index in [4.69, 9.17) is 0 Å². The van der Waals surface area contributed by atoms with Crippen molar-refractivity contribution in [2.45, 2.75) is 32.4 Å². The van der Waals surface area contributed by atoms with Crippen molar-refractivity contribution in [3.8, 4) is 0 Å². The number of aromatic nitrogens is 2. The predicted molar refractivity (Wildman–Crippen MR) is 82.6 cm³/mol. The predicted octanol–water partition coefficient (Wildman–Crippen LogP) is 2.63. The molecule has 1 aromatic carbocycles. The molecule has 2 aromatic rings. The molecular weight excluding hydrogens is 248 g/mol. The molecule has 0 amide bonds. The summed E-state index contributed by atoms with van der Waals surface area (Å²) in [6, 6.07) is 11.1. The number of rotatable bonds is 7. The smallest absolute Gasteiger partial charge is 0.222 e. The van der Waals surface area contributed by atoms with Crippen molar-refractivity contribution in [3.63, 3.8) is 0 Å². The maximum absolute atomic E-state index is 4.21. The molecule has 0 radical (unpaired) electrons. The first kappa shape index (κ1) is 14.5. The molecule has 4 nitrogen and oxygen atoms in total. The molecule has 20 heavy (non-hydrogen) atoms. The summed E-state index contributed by atoms with van der Waals surface area (Å²) in [5.74, 6) is 0.658. The van der Waals surface area contributed by atoms with Gasteiger partial charge in [0.1, 0.15) is 0 Å². The maximum Gasteiger partial charge on any atom is 0.222 e. The van der Waals surface area contributed by atoms with E-state index in [0.29, 0.717) is 12.0 Å². The van der Waals surface area contributed by atoms with Gasteiger partial charge in [-0.15, -0.1) is 0 Å². The summed E-state index contributed by atoms with van der Waals surface area (Å²) in [6.07, 6.45) is 5.94. The topological polar surface area (TPSA) is 49.8 Å². The van der Waals surface area contributed by atoms with Gasteiger partial charge >= 0.3 is 0 Å². The van der Waals surface area contributed by atoms with Crippen LogP contribution in [0.4, 0.5) is 5.95 Å². The van der Waals surface area contributed by atoms with Crippen LogP contribution in [0.15, 0.2) is 42.7 Å². The summed E-state index contributed by atoms with van der Waals surface area (Å²) in [4.78, 5) is 8.41. The van der Waals surface area contributed by atoms with E-state index in [1.165, 1.54) is 5.56 Å². The molecule has 0 saturated carbocycles. The summed E-state index contributed by atoms with van der Waals surface area (Å²) in [5.41, 5.74) is 2.50. The van der Waals surface area contributed by atoms with E-state index in [9.17, 15) is 0 Å². The van der Waals surface area contributed by atoms with E-state index in [1.54, 1.807) is 0 Å².